The first kappa shape index (κ1) is 21.7. The fraction of sp³-hybridized carbons (Fsp3) is 0.320. The van der Waals surface area contributed by atoms with Crippen LogP contribution in [-0.2, 0) is 10.0 Å². The Balaban J connectivity index is 1.30. The number of piperidine rings is 3. The van der Waals surface area contributed by atoms with Crippen molar-refractivity contribution in [2.75, 3.05) is 17.8 Å². The zero-order valence-corrected chi connectivity index (χ0v) is 19.2. The van der Waals surface area contributed by atoms with E-state index in [2.05, 4.69) is 21.9 Å². The summed E-state index contributed by atoms with van der Waals surface area (Å²) in [6.07, 6.45) is 2.23. The van der Waals surface area contributed by atoms with Crippen molar-refractivity contribution in [1.82, 2.24) is 10.2 Å². The van der Waals surface area contributed by atoms with E-state index in [1.807, 2.05) is 6.07 Å². The largest absolute Gasteiger partial charge is 0.451 e. The maximum Gasteiger partial charge on any atom is 0.287 e. The molecule has 6 rings (SSSR count). The molecule has 3 aliphatic heterocycles. The SMILES string of the molecule is C[C@H]1[C@H](NC(=O)c2ccc(-c3cccc(NS(=O)(=O)c4ccccc4)c3)o2)C2CCN1CC2. The molecule has 1 aromatic heterocycles. The Morgan fingerprint density at radius 1 is 1.00 bits per heavy atom. The Morgan fingerprint density at radius 3 is 2.48 bits per heavy atom. The van der Waals surface area contributed by atoms with Crippen LogP contribution in [0.25, 0.3) is 11.3 Å². The van der Waals surface area contributed by atoms with Gasteiger partial charge in [-0.25, -0.2) is 8.42 Å². The van der Waals surface area contributed by atoms with E-state index >= 15 is 0 Å². The van der Waals surface area contributed by atoms with Gasteiger partial charge in [0.2, 0.25) is 0 Å². The first-order chi connectivity index (χ1) is 15.9. The summed E-state index contributed by atoms with van der Waals surface area (Å²) in [5, 5.41) is 3.18. The number of furan rings is 1. The highest BCUT2D eigenvalue weighted by atomic mass is 32.2. The summed E-state index contributed by atoms with van der Waals surface area (Å²) in [6.45, 7) is 4.38. The first-order valence-corrected chi connectivity index (χ1v) is 12.7. The molecule has 1 amide bonds. The third kappa shape index (κ3) is 4.41. The monoisotopic (exact) mass is 465 g/mol. The van der Waals surface area contributed by atoms with Crippen molar-refractivity contribution in [3.63, 3.8) is 0 Å². The summed E-state index contributed by atoms with van der Waals surface area (Å²) in [7, 11) is -3.70. The van der Waals surface area contributed by atoms with E-state index in [-0.39, 0.29) is 22.6 Å². The number of amides is 1. The Bertz CT molecular complexity index is 1250. The second-order valence-electron chi connectivity index (χ2n) is 8.78. The highest BCUT2D eigenvalue weighted by Crippen LogP contribution is 2.32. The molecule has 0 unspecified atom stereocenters. The lowest BCUT2D eigenvalue weighted by molar-refractivity contribution is 0.0211. The van der Waals surface area contributed by atoms with Crippen LogP contribution in [0.5, 0.6) is 0 Å². The van der Waals surface area contributed by atoms with Crippen molar-refractivity contribution in [3.05, 3.63) is 72.5 Å². The summed E-state index contributed by atoms with van der Waals surface area (Å²) < 4.78 is 33.7. The highest BCUT2D eigenvalue weighted by molar-refractivity contribution is 7.92. The van der Waals surface area contributed by atoms with Crippen LogP contribution in [0.1, 0.15) is 30.3 Å². The lowest BCUT2D eigenvalue weighted by Crippen LogP contribution is -2.62. The Hall–Kier alpha value is -3.10. The van der Waals surface area contributed by atoms with Gasteiger partial charge in [-0.15, -0.1) is 0 Å². The predicted molar refractivity (Wildman–Crippen MR) is 126 cm³/mol. The van der Waals surface area contributed by atoms with E-state index in [0.717, 1.165) is 25.9 Å². The van der Waals surface area contributed by atoms with Gasteiger partial charge in [0.15, 0.2) is 5.76 Å². The van der Waals surface area contributed by atoms with Crippen LogP contribution in [0.4, 0.5) is 5.69 Å². The van der Waals surface area contributed by atoms with E-state index in [0.29, 0.717) is 29.0 Å². The van der Waals surface area contributed by atoms with E-state index < -0.39 is 10.0 Å². The van der Waals surface area contributed by atoms with Crippen molar-refractivity contribution in [3.8, 4) is 11.3 Å². The molecule has 7 nitrogen and oxygen atoms in total. The molecular weight excluding hydrogens is 438 g/mol. The minimum atomic E-state index is -3.70. The zero-order chi connectivity index (χ0) is 23.0. The molecule has 2 N–H and O–H groups in total. The zero-order valence-electron chi connectivity index (χ0n) is 18.4. The molecule has 4 heterocycles. The number of nitrogens with one attached hydrogen (secondary N) is 2. The normalized spacial score (nSPS) is 24.4. The standard InChI is InChI=1S/C25H27N3O4S/c1-17-24(18-12-14-28(17)15-13-18)26-25(29)23-11-10-22(32-23)19-6-5-7-20(16-19)27-33(30,31)21-8-3-2-4-9-21/h2-11,16-18,24,27H,12-15H2,1H3,(H,26,29)/t17-,24-/m0/s1. The number of benzene rings is 2. The quantitative estimate of drug-likeness (QED) is 0.575. The third-order valence-electron chi connectivity index (χ3n) is 6.76. The number of fused-ring (bicyclic) bond motifs is 3. The van der Waals surface area contributed by atoms with Gasteiger partial charge in [-0.2, -0.15) is 0 Å². The molecule has 172 valence electrons. The van der Waals surface area contributed by atoms with Crippen LogP contribution in [0.15, 0.2) is 76.0 Å². The van der Waals surface area contributed by atoms with Crippen LogP contribution in [0.3, 0.4) is 0 Å². The number of sulfonamides is 1. The van der Waals surface area contributed by atoms with Crippen molar-refractivity contribution in [1.29, 1.82) is 0 Å². The number of nitrogens with zero attached hydrogens (tertiary/aromatic N) is 1. The third-order valence-corrected chi connectivity index (χ3v) is 8.16. The van der Waals surface area contributed by atoms with Gasteiger partial charge in [-0.1, -0.05) is 30.3 Å². The number of hydrogen-bond donors (Lipinski definition) is 2. The van der Waals surface area contributed by atoms with Gasteiger partial charge in [0, 0.05) is 23.3 Å². The lowest BCUT2D eigenvalue weighted by Gasteiger charge is -2.49. The van der Waals surface area contributed by atoms with Crippen molar-refractivity contribution in [2.24, 2.45) is 5.92 Å². The average Bonchev–Trinajstić information content (AvgIpc) is 3.33. The van der Waals surface area contributed by atoms with Gasteiger partial charge < -0.3 is 9.73 Å². The van der Waals surface area contributed by atoms with Gasteiger partial charge in [0.25, 0.3) is 15.9 Å². The number of carbonyl (C=O) groups excluding carboxylic acids is 1. The topological polar surface area (TPSA) is 91.7 Å². The predicted octanol–water partition coefficient (Wildman–Crippen LogP) is 3.96. The van der Waals surface area contributed by atoms with Gasteiger partial charge in [0.05, 0.1) is 4.90 Å². The summed E-state index contributed by atoms with van der Waals surface area (Å²) in [6, 6.07) is 19.0. The summed E-state index contributed by atoms with van der Waals surface area (Å²) >= 11 is 0. The van der Waals surface area contributed by atoms with Crippen LogP contribution >= 0.6 is 0 Å². The van der Waals surface area contributed by atoms with Crippen molar-refractivity contribution < 1.29 is 17.6 Å². The molecule has 3 saturated heterocycles. The molecule has 3 aromatic rings. The minimum absolute atomic E-state index is 0.129. The van der Waals surface area contributed by atoms with Gasteiger partial charge >= 0.3 is 0 Å². The second kappa shape index (κ2) is 8.68. The summed E-state index contributed by atoms with van der Waals surface area (Å²) in [5.41, 5.74) is 1.10. The number of carbonyl (C=O) groups is 1. The molecule has 0 radical (unpaired) electrons. The smallest absolute Gasteiger partial charge is 0.287 e. The van der Waals surface area contributed by atoms with Crippen LogP contribution in [0.2, 0.25) is 0 Å². The van der Waals surface area contributed by atoms with Crippen LogP contribution < -0.4 is 10.0 Å². The molecule has 2 bridgehead atoms. The Labute approximate surface area is 193 Å². The van der Waals surface area contributed by atoms with Crippen LogP contribution in [0, 0.1) is 5.92 Å². The molecule has 0 aliphatic carbocycles. The summed E-state index contributed by atoms with van der Waals surface area (Å²) in [4.78, 5) is 15.5. The molecule has 0 saturated carbocycles. The Kier molecular flexibility index (Phi) is 5.72. The number of hydrogen-bond acceptors (Lipinski definition) is 5. The number of rotatable bonds is 6. The average molecular weight is 466 g/mol. The second-order valence-corrected chi connectivity index (χ2v) is 10.5. The maximum absolute atomic E-state index is 12.9. The van der Waals surface area contributed by atoms with Crippen molar-refractivity contribution >= 4 is 21.6 Å². The molecule has 3 fully saturated rings. The van der Waals surface area contributed by atoms with Gasteiger partial charge in [-0.3, -0.25) is 14.4 Å². The maximum atomic E-state index is 12.9. The fourth-order valence-electron chi connectivity index (χ4n) is 4.93. The van der Waals surface area contributed by atoms with E-state index in [9.17, 15) is 13.2 Å². The molecule has 8 heteroatoms. The molecule has 2 atom stereocenters. The van der Waals surface area contributed by atoms with E-state index in [1.165, 1.54) is 0 Å². The molecule has 33 heavy (non-hydrogen) atoms. The molecule has 3 aliphatic rings. The summed E-state index contributed by atoms with van der Waals surface area (Å²) in [5.74, 6) is 1.05. The van der Waals surface area contributed by atoms with E-state index in [1.54, 1.807) is 60.7 Å². The van der Waals surface area contributed by atoms with Gasteiger partial charge in [0.1, 0.15) is 5.76 Å². The molecule has 2 aromatic carbocycles. The lowest BCUT2D eigenvalue weighted by atomic mass is 9.79. The molecular formula is C25H27N3O4S. The number of anilines is 1. The van der Waals surface area contributed by atoms with Crippen molar-refractivity contribution in [2.45, 2.75) is 36.7 Å². The Morgan fingerprint density at radius 2 is 1.76 bits per heavy atom. The van der Waals surface area contributed by atoms with Crippen LogP contribution in [-0.4, -0.2) is 44.4 Å². The fourth-order valence-corrected chi connectivity index (χ4v) is 6.00. The first-order valence-electron chi connectivity index (χ1n) is 11.2. The van der Waals surface area contributed by atoms with E-state index in [4.69, 9.17) is 4.42 Å². The molecule has 0 spiro atoms. The highest BCUT2D eigenvalue weighted by Gasteiger charge is 2.40. The van der Waals surface area contributed by atoms with Gasteiger partial charge in [-0.05, 0) is 75.2 Å². The minimum Gasteiger partial charge on any atom is -0.451 e.